The molecule has 138 valence electrons. The first-order chi connectivity index (χ1) is 13.1. The topological polar surface area (TPSA) is 55.8 Å². The third-order valence-electron chi connectivity index (χ3n) is 4.86. The number of fused-ring (bicyclic) bond motifs is 3. The Morgan fingerprint density at radius 2 is 1.89 bits per heavy atom. The fourth-order valence-electron chi connectivity index (χ4n) is 3.73. The van der Waals surface area contributed by atoms with Crippen molar-refractivity contribution in [3.05, 3.63) is 70.8 Å². The zero-order valence-electron chi connectivity index (χ0n) is 14.7. The number of amides is 1. The van der Waals surface area contributed by atoms with E-state index in [-0.39, 0.29) is 23.8 Å². The lowest BCUT2D eigenvalue weighted by Crippen LogP contribution is -2.49. The van der Waals surface area contributed by atoms with Crippen molar-refractivity contribution in [2.24, 2.45) is 5.92 Å². The molecule has 0 spiro atoms. The van der Waals surface area contributed by atoms with E-state index in [1.807, 2.05) is 54.6 Å². The van der Waals surface area contributed by atoms with Crippen molar-refractivity contribution >= 4 is 29.2 Å². The molecular formula is C21H18ClNO4. The molecule has 2 aromatic carbocycles. The number of benzene rings is 2. The Morgan fingerprint density at radius 1 is 1.19 bits per heavy atom. The van der Waals surface area contributed by atoms with Crippen LogP contribution in [0.25, 0.3) is 0 Å². The summed E-state index contributed by atoms with van der Waals surface area (Å²) in [5.41, 5.74) is 1.75. The van der Waals surface area contributed by atoms with Gasteiger partial charge >= 0.3 is 5.97 Å². The minimum absolute atomic E-state index is 0.110. The third-order valence-corrected chi connectivity index (χ3v) is 5.22. The molecule has 2 unspecified atom stereocenters. The second-order valence-corrected chi connectivity index (χ2v) is 6.74. The van der Waals surface area contributed by atoms with Gasteiger partial charge in [0.05, 0.1) is 30.7 Å². The predicted molar refractivity (Wildman–Crippen MR) is 102 cm³/mol. The fraction of sp³-hybridized carbons (Fsp3) is 0.238. The molecule has 0 aliphatic carbocycles. The Labute approximate surface area is 162 Å². The Hall–Kier alpha value is -2.79. The molecular weight excluding hydrogens is 366 g/mol. The summed E-state index contributed by atoms with van der Waals surface area (Å²) in [6.45, 7) is 2.16. The van der Waals surface area contributed by atoms with Gasteiger partial charge in [-0.1, -0.05) is 48.0 Å². The van der Waals surface area contributed by atoms with Crippen LogP contribution in [0.1, 0.15) is 18.5 Å². The summed E-state index contributed by atoms with van der Waals surface area (Å²) in [5.74, 6) is -0.691. The maximum Gasteiger partial charge on any atom is 0.336 e. The van der Waals surface area contributed by atoms with Crippen molar-refractivity contribution in [1.82, 2.24) is 0 Å². The summed E-state index contributed by atoms with van der Waals surface area (Å²) in [6.07, 6.45) is 0. The summed E-state index contributed by atoms with van der Waals surface area (Å²) in [5, 5.41) is -0.110. The summed E-state index contributed by atoms with van der Waals surface area (Å²) in [4.78, 5) is 27.4. The van der Waals surface area contributed by atoms with Crippen molar-refractivity contribution in [2.45, 2.75) is 13.0 Å². The van der Waals surface area contributed by atoms with Gasteiger partial charge in [-0.3, -0.25) is 9.69 Å². The van der Waals surface area contributed by atoms with Crippen LogP contribution in [-0.2, 0) is 14.3 Å². The first-order valence-electron chi connectivity index (χ1n) is 8.80. The maximum atomic E-state index is 13.2. The number of para-hydroxylation sites is 2. The van der Waals surface area contributed by atoms with E-state index in [9.17, 15) is 9.59 Å². The molecule has 0 saturated heterocycles. The van der Waals surface area contributed by atoms with E-state index in [1.54, 1.807) is 11.8 Å². The van der Waals surface area contributed by atoms with Crippen LogP contribution in [0.3, 0.4) is 0 Å². The number of anilines is 1. The lowest BCUT2D eigenvalue weighted by Gasteiger charge is -2.44. The van der Waals surface area contributed by atoms with Crippen molar-refractivity contribution in [3.8, 4) is 5.75 Å². The zero-order valence-corrected chi connectivity index (χ0v) is 15.5. The molecule has 2 heterocycles. The molecule has 0 fully saturated rings. The molecule has 2 aliphatic heterocycles. The maximum absolute atomic E-state index is 13.2. The molecule has 0 aromatic heterocycles. The number of carbonyl (C=O) groups is 2. The molecule has 0 N–H and O–H groups in total. The average Bonchev–Trinajstić information content (AvgIpc) is 2.70. The second-order valence-electron chi connectivity index (χ2n) is 6.36. The van der Waals surface area contributed by atoms with Gasteiger partial charge in [-0.25, -0.2) is 4.79 Å². The van der Waals surface area contributed by atoms with Crippen molar-refractivity contribution in [2.75, 3.05) is 18.1 Å². The zero-order chi connectivity index (χ0) is 19.0. The van der Waals surface area contributed by atoms with E-state index in [2.05, 4.69) is 0 Å². The minimum atomic E-state index is -0.568. The summed E-state index contributed by atoms with van der Waals surface area (Å²) in [6, 6.07) is 16.5. The minimum Gasteiger partial charge on any atom is -0.492 e. The van der Waals surface area contributed by atoms with Gasteiger partial charge in [0.25, 0.3) is 5.91 Å². The number of esters is 1. The molecule has 2 aromatic rings. The van der Waals surface area contributed by atoms with Gasteiger partial charge in [0, 0.05) is 11.3 Å². The van der Waals surface area contributed by atoms with Crippen LogP contribution in [0.5, 0.6) is 5.75 Å². The quantitative estimate of drug-likeness (QED) is 0.756. The second kappa shape index (κ2) is 7.08. The van der Waals surface area contributed by atoms with Crippen LogP contribution < -0.4 is 9.64 Å². The highest BCUT2D eigenvalue weighted by atomic mass is 35.5. The van der Waals surface area contributed by atoms with Gasteiger partial charge in [0.2, 0.25) is 0 Å². The Balaban J connectivity index is 1.91. The van der Waals surface area contributed by atoms with E-state index < -0.39 is 23.8 Å². The molecule has 4 rings (SSSR count). The van der Waals surface area contributed by atoms with Crippen LogP contribution in [0.2, 0.25) is 0 Å². The lowest BCUT2D eigenvalue weighted by atomic mass is 9.80. The Kier molecular flexibility index (Phi) is 4.62. The van der Waals surface area contributed by atoms with E-state index in [0.717, 1.165) is 11.3 Å². The van der Waals surface area contributed by atoms with Crippen LogP contribution in [0, 0.1) is 5.92 Å². The van der Waals surface area contributed by atoms with E-state index in [0.29, 0.717) is 5.75 Å². The molecule has 2 aliphatic rings. The molecule has 0 bridgehead atoms. The summed E-state index contributed by atoms with van der Waals surface area (Å²) in [7, 11) is 0. The molecule has 6 heteroatoms. The normalized spacial score (nSPS) is 21.3. The standard InChI is InChI=1S/C21H18ClNO4/c1-2-26-21(25)17-15-12-27-16-11-7-6-10-14(16)19(15)23(20(24)18(17)22)13-8-4-3-5-9-13/h3-11,15,19H,2,12H2,1H3. The number of halogens is 1. The molecule has 1 amide bonds. The fourth-order valence-corrected chi connectivity index (χ4v) is 4.04. The summed E-state index contributed by atoms with van der Waals surface area (Å²) < 4.78 is 11.1. The van der Waals surface area contributed by atoms with Gasteiger partial charge in [0.15, 0.2) is 0 Å². The third kappa shape index (κ3) is 2.88. The van der Waals surface area contributed by atoms with Gasteiger partial charge in [0.1, 0.15) is 10.8 Å². The predicted octanol–water partition coefficient (Wildman–Crippen LogP) is 3.84. The highest BCUT2D eigenvalue weighted by Gasteiger charge is 2.48. The molecule has 5 nitrogen and oxygen atoms in total. The monoisotopic (exact) mass is 383 g/mol. The largest absolute Gasteiger partial charge is 0.492 e. The lowest BCUT2D eigenvalue weighted by molar-refractivity contribution is -0.140. The number of ether oxygens (including phenoxy) is 2. The highest BCUT2D eigenvalue weighted by Crippen LogP contribution is 2.48. The Morgan fingerprint density at radius 3 is 2.63 bits per heavy atom. The molecule has 27 heavy (non-hydrogen) atoms. The Bertz CT molecular complexity index is 925. The molecule has 0 saturated carbocycles. The van der Waals surface area contributed by atoms with E-state index in [1.165, 1.54) is 0 Å². The smallest absolute Gasteiger partial charge is 0.336 e. The summed E-state index contributed by atoms with van der Waals surface area (Å²) >= 11 is 6.39. The van der Waals surface area contributed by atoms with Crippen LogP contribution in [0.4, 0.5) is 5.69 Å². The van der Waals surface area contributed by atoms with Crippen molar-refractivity contribution < 1.29 is 19.1 Å². The number of nitrogens with zero attached hydrogens (tertiary/aromatic N) is 1. The van der Waals surface area contributed by atoms with Crippen molar-refractivity contribution in [1.29, 1.82) is 0 Å². The van der Waals surface area contributed by atoms with Gasteiger partial charge in [-0.05, 0) is 25.1 Å². The molecule has 0 radical (unpaired) electrons. The average molecular weight is 384 g/mol. The molecule has 2 atom stereocenters. The van der Waals surface area contributed by atoms with Crippen molar-refractivity contribution in [3.63, 3.8) is 0 Å². The van der Waals surface area contributed by atoms with Gasteiger partial charge < -0.3 is 9.47 Å². The number of carbonyl (C=O) groups excluding carboxylic acids is 2. The van der Waals surface area contributed by atoms with Crippen LogP contribution >= 0.6 is 11.6 Å². The number of rotatable bonds is 3. The van der Waals surface area contributed by atoms with E-state index >= 15 is 0 Å². The number of hydrogen-bond acceptors (Lipinski definition) is 4. The SMILES string of the molecule is CCOC(=O)C1=C(Cl)C(=O)N(c2ccccc2)C2c3ccccc3OCC12. The first-order valence-corrected chi connectivity index (χ1v) is 9.18. The van der Waals surface area contributed by atoms with Gasteiger partial charge in [-0.2, -0.15) is 0 Å². The van der Waals surface area contributed by atoms with Crippen LogP contribution in [0.15, 0.2) is 65.2 Å². The van der Waals surface area contributed by atoms with Crippen LogP contribution in [-0.4, -0.2) is 25.1 Å². The van der Waals surface area contributed by atoms with Gasteiger partial charge in [-0.15, -0.1) is 0 Å². The first kappa shape index (κ1) is 17.6. The van der Waals surface area contributed by atoms with E-state index in [4.69, 9.17) is 21.1 Å². The number of hydrogen-bond donors (Lipinski definition) is 0. The highest BCUT2D eigenvalue weighted by molar-refractivity contribution is 6.46.